The van der Waals surface area contributed by atoms with Crippen LogP contribution in [0.3, 0.4) is 0 Å². The Kier molecular flexibility index (Phi) is 6.17. The first-order valence-corrected chi connectivity index (χ1v) is 10.0. The average molecular weight is 446 g/mol. The number of nitrogens with one attached hydrogen (secondary N) is 2. The van der Waals surface area contributed by atoms with E-state index in [1.807, 2.05) is 0 Å². The molecular formula is C25H22N2O6. The Balaban J connectivity index is 1.69. The Bertz CT molecular complexity index is 1330. The van der Waals surface area contributed by atoms with E-state index in [2.05, 4.69) is 10.6 Å². The number of anilines is 2. The molecule has 0 aliphatic heterocycles. The highest BCUT2D eigenvalue weighted by Gasteiger charge is 2.24. The first-order chi connectivity index (χ1) is 16.0. The highest BCUT2D eigenvalue weighted by atomic mass is 16.5. The lowest BCUT2D eigenvalue weighted by Crippen LogP contribution is -2.17. The number of methoxy groups -OCH3 is 3. The molecule has 33 heavy (non-hydrogen) atoms. The van der Waals surface area contributed by atoms with E-state index in [0.717, 1.165) is 0 Å². The number of benzene rings is 3. The zero-order chi connectivity index (χ0) is 23.4. The molecule has 0 unspecified atom stereocenters. The molecule has 1 aromatic heterocycles. The van der Waals surface area contributed by atoms with Crippen LogP contribution in [0.25, 0.3) is 11.0 Å². The van der Waals surface area contributed by atoms with Crippen LogP contribution >= 0.6 is 0 Å². The third-order valence-electron chi connectivity index (χ3n) is 5.03. The topological polar surface area (TPSA) is 99.0 Å². The van der Waals surface area contributed by atoms with Crippen LogP contribution in [0.1, 0.15) is 20.9 Å². The summed E-state index contributed by atoms with van der Waals surface area (Å²) in [5.74, 6) is 0.558. The molecule has 4 rings (SSSR count). The summed E-state index contributed by atoms with van der Waals surface area (Å²) in [6.07, 6.45) is 0. The lowest BCUT2D eigenvalue weighted by atomic mass is 10.1. The van der Waals surface area contributed by atoms with E-state index in [4.69, 9.17) is 18.6 Å². The summed E-state index contributed by atoms with van der Waals surface area (Å²) in [5, 5.41) is 6.19. The van der Waals surface area contributed by atoms with Gasteiger partial charge in [-0.1, -0.05) is 18.2 Å². The number of carbonyl (C=O) groups is 2. The van der Waals surface area contributed by atoms with E-state index in [1.54, 1.807) is 73.8 Å². The summed E-state index contributed by atoms with van der Waals surface area (Å²) in [4.78, 5) is 26.1. The van der Waals surface area contributed by atoms with Crippen molar-refractivity contribution < 1.29 is 28.2 Å². The van der Waals surface area contributed by atoms with Crippen molar-refractivity contribution in [1.82, 2.24) is 0 Å². The van der Waals surface area contributed by atoms with E-state index in [9.17, 15) is 9.59 Å². The van der Waals surface area contributed by atoms with E-state index >= 15 is 0 Å². The number of hydrogen-bond donors (Lipinski definition) is 2. The number of carbonyl (C=O) groups excluding carboxylic acids is 2. The molecule has 2 N–H and O–H groups in total. The Morgan fingerprint density at radius 2 is 1.52 bits per heavy atom. The zero-order valence-corrected chi connectivity index (χ0v) is 18.3. The third kappa shape index (κ3) is 4.45. The van der Waals surface area contributed by atoms with Gasteiger partial charge in [0.25, 0.3) is 11.8 Å². The van der Waals surface area contributed by atoms with Crippen molar-refractivity contribution in [2.75, 3.05) is 32.0 Å². The van der Waals surface area contributed by atoms with Gasteiger partial charge < -0.3 is 29.3 Å². The number of hydrogen-bond acceptors (Lipinski definition) is 6. The third-order valence-corrected chi connectivity index (χ3v) is 5.03. The first kappa shape index (κ1) is 21.8. The molecular weight excluding hydrogens is 424 g/mol. The second-order valence-electron chi connectivity index (χ2n) is 7.01. The van der Waals surface area contributed by atoms with Gasteiger partial charge in [0.2, 0.25) is 5.76 Å². The molecule has 0 radical (unpaired) electrons. The van der Waals surface area contributed by atoms with Gasteiger partial charge in [-0.25, -0.2) is 0 Å². The van der Waals surface area contributed by atoms with Gasteiger partial charge in [-0.15, -0.1) is 0 Å². The van der Waals surface area contributed by atoms with Crippen LogP contribution in [0.4, 0.5) is 11.4 Å². The van der Waals surface area contributed by atoms with Gasteiger partial charge in [0, 0.05) is 17.0 Å². The highest BCUT2D eigenvalue weighted by Crippen LogP contribution is 2.34. The summed E-state index contributed by atoms with van der Waals surface area (Å²) < 4.78 is 21.6. The van der Waals surface area contributed by atoms with Crippen LogP contribution in [-0.2, 0) is 0 Å². The van der Waals surface area contributed by atoms with Gasteiger partial charge in [0.1, 0.15) is 28.5 Å². The SMILES string of the molecule is COc1cccc(C(=O)Nc2c(C(=O)Nc3ccc(OC)cc3OC)oc3ccccc23)c1. The van der Waals surface area contributed by atoms with Crippen LogP contribution in [0.2, 0.25) is 0 Å². The highest BCUT2D eigenvalue weighted by molar-refractivity contribution is 6.17. The second-order valence-corrected chi connectivity index (χ2v) is 7.01. The molecule has 8 nitrogen and oxygen atoms in total. The van der Waals surface area contributed by atoms with Crippen molar-refractivity contribution in [3.05, 3.63) is 78.1 Å². The predicted molar refractivity (Wildman–Crippen MR) is 125 cm³/mol. The van der Waals surface area contributed by atoms with Crippen molar-refractivity contribution in [3.63, 3.8) is 0 Å². The van der Waals surface area contributed by atoms with Crippen LogP contribution < -0.4 is 24.8 Å². The van der Waals surface area contributed by atoms with Gasteiger partial charge in [-0.3, -0.25) is 9.59 Å². The molecule has 0 saturated heterocycles. The van der Waals surface area contributed by atoms with E-state index < -0.39 is 11.8 Å². The summed E-state index contributed by atoms with van der Waals surface area (Å²) in [7, 11) is 4.56. The monoisotopic (exact) mass is 446 g/mol. The number of rotatable bonds is 7. The Hall–Kier alpha value is -4.46. The van der Waals surface area contributed by atoms with Crippen LogP contribution in [0.5, 0.6) is 17.2 Å². The van der Waals surface area contributed by atoms with Gasteiger partial charge in [0.05, 0.1) is 27.0 Å². The van der Waals surface area contributed by atoms with Gasteiger partial charge in [0.15, 0.2) is 0 Å². The molecule has 4 aromatic rings. The second kappa shape index (κ2) is 9.35. The molecule has 3 aromatic carbocycles. The predicted octanol–water partition coefficient (Wildman–Crippen LogP) is 4.96. The van der Waals surface area contributed by atoms with Crippen LogP contribution in [0, 0.1) is 0 Å². The number of furan rings is 1. The summed E-state index contributed by atoms with van der Waals surface area (Å²) in [5.41, 5.74) is 1.53. The summed E-state index contributed by atoms with van der Waals surface area (Å²) >= 11 is 0. The summed E-state index contributed by atoms with van der Waals surface area (Å²) in [6, 6.07) is 18.8. The maximum atomic E-state index is 13.2. The molecule has 2 amide bonds. The minimum absolute atomic E-state index is 0.0367. The van der Waals surface area contributed by atoms with Crippen molar-refractivity contribution in [2.24, 2.45) is 0 Å². The maximum absolute atomic E-state index is 13.2. The van der Waals surface area contributed by atoms with Crippen LogP contribution in [-0.4, -0.2) is 33.1 Å². The van der Waals surface area contributed by atoms with E-state index in [0.29, 0.717) is 39.5 Å². The lowest BCUT2D eigenvalue weighted by molar-refractivity contribution is 0.0999. The molecule has 0 aliphatic carbocycles. The lowest BCUT2D eigenvalue weighted by Gasteiger charge is -2.12. The van der Waals surface area contributed by atoms with Gasteiger partial charge in [-0.2, -0.15) is 0 Å². The zero-order valence-electron chi connectivity index (χ0n) is 18.3. The number of amides is 2. The molecule has 0 saturated carbocycles. The fraction of sp³-hybridized carbons (Fsp3) is 0.120. The van der Waals surface area contributed by atoms with Crippen molar-refractivity contribution in [1.29, 1.82) is 0 Å². The fourth-order valence-corrected chi connectivity index (χ4v) is 3.36. The number of para-hydroxylation sites is 1. The molecule has 0 fully saturated rings. The first-order valence-electron chi connectivity index (χ1n) is 10.0. The minimum atomic E-state index is -0.546. The van der Waals surface area contributed by atoms with Crippen molar-refractivity contribution >= 4 is 34.2 Å². The fourth-order valence-electron chi connectivity index (χ4n) is 3.36. The van der Waals surface area contributed by atoms with Crippen molar-refractivity contribution in [2.45, 2.75) is 0 Å². The quantitative estimate of drug-likeness (QED) is 0.416. The molecule has 0 aliphatic rings. The average Bonchev–Trinajstić information content (AvgIpc) is 3.22. The number of fused-ring (bicyclic) bond motifs is 1. The molecule has 8 heteroatoms. The van der Waals surface area contributed by atoms with E-state index in [1.165, 1.54) is 14.2 Å². The maximum Gasteiger partial charge on any atom is 0.293 e. The molecule has 168 valence electrons. The smallest absolute Gasteiger partial charge is 0.293 e. The number of ether oxygens (including phenoxy) is 3. The standard InChI is InChI=1S/C25H22N2O6/c1-30-16-8-6-7-15(13-16)24(28)27-22-18-9-4-5-10-20(18)33-23(22)25(29)26-19-12-11-17(31-2)14-21(19)32-3/h4-14H,1-3H3,(H,26,29)(H,27,28). The Morgan fingerprint density at radius 3 is 2.27 bits per heavy atom. The normalized spacial score (nSPS) is 10.5. The minimum Gasteiger partial charge on any atom is -0.497 e. The molecule has 0 spiro atoms. The molecule has 0 atom stereocenters. The van der Waals surface area contributed by atoms with Gasteiger partial charge >= 0.3 is 0 Å². The summed E-state index contributed by atoms with van der Waals surface area (Å²) in [6.45, 7) is 0. The van der Waals surface area contributed by atoms with Crippen molar-refractivity contribution in [3.8, 4) is 17.2 Å². The molecule has 1 heterocycles. The Morgan fingerprint density at radius 1 is 0.758 bits per heavy atom. The molecule has 0 bridgehead atoms. The Labute approximate surface area is 190 Å². The van der Waals surface area contributed by atoms with Gasteiger partial charge in [-0.05, 0) is 42.5 Å². The van der Waals surface area contributed by atoms with Crippen LogP contribution in [0.15, 0.2) is 71.1 Å². The largest absolute Gasteiger partial charge is 0.497 e. The van der Waals surface area contributed by atoms with E-state index in [-0.39, 0.29) is 11.4 Å².